The van der Waals surface area contributed by atoms with E-state index in [0.717, 1.165) is 12.1 Å². The molecule has 1 aromatic heterocycles. The summed E-state index contributed by atoms with van der Waals surface area (Å²) in [5.41, 5.74) is -4.61. The number of aromatic nitrogens is 2. The maximum Gasteiger partial charge on any atom is 0.433 e. The van der Waals surface area contributed by atoms with Crippen molar-refractivity contribution < 1.29 is 17.9 Å². The Morgan fingerprint density at radius 1 is 1.29 bits per heavy atom. The van der Waals surface area contributed by atoms with Crippen LogP contribution in [0.25, 0.3) is 5.69 Å². The Labute approximate surface area is 136 Å². The lowest BCUT2D eigenvalue weighted by Gasteiger charge is -2.15. The third-order valence-corrected chi connectivity index (χ3v) is 3.36. The first-order valence-corrected chi connectivity index (χ1v) is 6.49. The number of hydrogen-bond acceptors (Lipinski definition) is 5. The average molecular weight is 361 g/mol. The van der Waals surface area contributed by atoms with Crippen LogP contribution in [0.15, 0.2) is 27.8 Å². The van der Waals surface area contributed by atoms with Crippen LogP contribution in [0.1, 0.15) is 11.3 Å². The highest BCUT2D eigenvalue weighted by Gasteiger charge is 2.36. The van der Waals surface area contributed by atoms with Crippen LogP contribution in [0.3, 0.4) is 0 Å². The van der Waals surface area contributed by atoms with Crippen molar-refractivity contribution in [3.8, 4) is 17.5 Å². The van der Waals surface area contributed by atoms with Gasteiger partial charge in [-0.15, -0.1) is 0 Å². The largest absolute Gasteiger partial charge is 0.495 e. The van der Waals surface area contributed by atoms with E-state index in [1.807, 2.05) is 0 Å². The van der Waals surface area contributed by atoms with E-state index in [1.54, 1.807) is 6.07 Å². The van der Waals surface area contributed by atoms with Crippen LogP contribution < -0.4 is 21.8 Å². The molecule has 0 amide bonds. The summed E-state index contributed by atoms with van der Waals surface area (Å²) in [6, 6.07) is 4.14. The zero-order valence-electron chi connectivity index (χ0n) is 11.9. The molecular weight excluding hydrogens is 353 g/mol. The van der Waals surface area contributed by atoms with Crippen molar-refractivity contribution in [3.63, 3.8) is 0 Å². The number of nitrogens with two attached hydrogens (primary N) is 1. The van der Waals surface area contributed by atoms with Gasteiger partial charge in [-0.25, -0.2) is 14.0 Å². The van der Waals surface area contributed by atoms with E-state index in [-0.39, 0.29) is 32.8 Å². The smallest absolute Gasteiger partial charge is 0.433 e. The standard InChI is InChI=1S/C13H8ClF3N4O3/c1-24-9-3-8(7(14)2-6(9)5-18)20-11(22)4-10(13(15,16)17)21(19)12(20)23/h2-4H,19H2,1H3. The molecule has 11 heteroatoms. The normalized spacial score (nSPS) is 11.2. The molecule has 7 nitrogen and oxygen atoms in total. The predicted octanol–water partition coefficient (Wildman–Crippen LogP) is 1.27. The van der Waals surface area contributed by atoms with Gasteiger partial charge in [0.15, 0.2) is 5.69 Å². The van der Waals surface area contributed by atoms with Crippen molar-refractivity contribution in [1.29, 1.82) is 5.26 Å². The molecule has 126 valence electrons. The lowest BCUT2D eigenvalue weighted by molar-refractivity contribution is -0.143. The molecule has 0 bridgehead atoms. The Balaban J connectivity index is 2.86. The molecule has 2 aromatic rings. The molecule has 2 rings (SSSR count). The van der Waals surface area contributed by atoms with Gasteiger partial charge in [0.1, 0.15) is 11.8 Å². The van der Waals surface area contributed by atoms with Crippen LogP contribution >= 0.6 is 11.6 Å². The Bertz CT molecular complexity index is 973. The summed E-state index contributed by atoms with van der Waals surface area (Å²) in [5.74, 6) is 5.13. The highest BCUT2D eigenvalue weighted by molar-refractivity contribution is 6.32. The fraction of sp³-hybridized carbons (Fsp3) is 0.154. The highest BCUT2D eigenvalue weighted by Crippen LogP contribution is 2.29. The molecule has 24 heavy (non-hydrogen) atoms. The van der Waals surface area contributed by atoms with Gasteiger partial charge in [-0.05, 0) is 6.07 Å². The molecular formula is C13H8ClF3N4O3. The van der Waals surface area contributed by atoms with Gasteiger partial charge >= 0.3 is 11.9 Å². The van der Waals surface area contributed by atoms with Crippen molar-refractivity contribution in [1.82, 2.24) is 9.24 Å². The number of alkyl halides is 3. The predicted molar refractivity (Wildman–Crippen MR) is 77.7 cm³/mol. The van der Waals surface area contributed by atoms with Crippen LogP contribution in [-0.4, -0.2) is 16.4 Å². The molecule has 1 aromatic carbocycles. The summed E-state index contributed by atoms with van der Waals surface area (Å²) < 4.78 is 43.4. The lowest BCUT2D eigenvalue weighted by atomic mass is 10.2. The van der Waals surface area contributed by atoms with E-state index >= 15 is 0 Å². The number of hydrogen-bond donors (Lipinski definition) is 1. The summed E-state index contributed by atoms with van der Waals surface area (Å²) in [5, 5.41) is 8.73. The minimum absolute atomic E-state index is 0.0132. The number of halogens is 4. The van der Waals surface area contributed by atoms with Crippen molar-refractivity contribution in [2.45, 2.75) is 6.18 Å². The second-order valence-electron chi connectivity index (χ2n) is 4.47. The second kappa shape index (κ2) is 5.93. The number of ether oxygens (including phenoxy) is 1. The topological polar surface area (TPSA) is 103 Å². The molecule has 0 atom stereocenters. The molecule has 0 saturated carbocycles. The van der Waals surface area contributed by atoms with E-state index in [2.05, 4.69) is 0 Å². The van der Waals surface area contributed by atoms with Gasteiger partial charge in [0.2, 0.25) is 0 Å². The van der Waals surface area contributed by atoms with Crippen molar-refractivity contribution >= 4 is 11.6 Å². The van der Waals surface area contributed by atoms with Gasteiger partial charge in [0, 0.05) is 12.1 Å². The van der Waals surface area contributed by atoms with Crippen molar-refractivity contribution in [2.75, 3.05) is 13.0 Å². The fourth-order valence-corrected chi connectivity index (χ4v) is 2.21. The Hall–Kier alpha value is -2.93. The Morgan fingerprint density at radius 2 is 1.92 bits per heavy atom. The van der Waals surface area contributed by atoms with Crippen LogP contribution in [0, 0.1) is 11.3 Å². The third kappa shape index (κ3) is 2.81. The minimum Gasteiger partial charge on any atom is -0.495 e. The van der Waals surface area contributed by atoms with E-state index in [0.29, 0.717) is 4.57 Å². The zero-order chi connectivity index (χ0) is 18.2. The van der Waals surface area contributed by atoms with Gasteiger partial charge < -0.3 is 10.6 Å². The van der Waals surface area contributed by atoms with Crippen molar-refractivity contribution in [3.05, 3.63) is 55.3 Å². The zero-order valence-corrected chi connectivity index (χ0v) is 12.6. The average Bonchev–Trinajstić information content (AvgIpc) is 2.50. The van der Waals surface area contributed by atoms with Gasteiger partial charge in [-0.1, -0.05) is 11.6 Å². The number of benzene rings is 1. The highest BCUT2D eigenvalue weighted by atomic mass is 35.5. The van der Waals surface area contributed by atoms with Crippen LogP contribution in [-0.2, 0) is 6.18 Å². The third-order valence-electron chi connectivity index (χ3n) is 3.06. The lowest BCUT2D eigenvalue weighted by Crippen LogP contribution is -2.45. The summed E-state index contributed by atoms with van der Waals surface area (Å²) in [4.78, 5) is 24.1. The van der Waals surface area contributed by atoms with Gasteiger partial charge in [-0.3, -0.25) is 4.79 Å². The van der Waals surface area contributed by atoms with Gasteiger partial charge in [-0.2, -0.15) is 18.4 Å². The molecule has 1 heterocycles. The first-order valence-electron chi connectivity index (χ1n) is 6.11. The number of rotatable bonds is 2. The summed E-state index contributed by atoms with van der Waals surface area (Å²) in [7, 11) is 1.23. The number of methoxy groups -OCH3 is 1. The molecule has 0 fully saturated rings. The summed E-state index contributed by atoms with van der Waals surface area (Å²) in [6.07, 6.45) is -4.99. The number of nitrogen functional groups attached to an aromatic ring is 1. The molecule has 0 radical (unpaired) electrons. The van der Waals surface area contributed by atoms with E-state index < -0.39 is 23.1 Å². The maximum absolute atomic E-state index is 12.8. The van der Waals surface area contributed by atoms with E-state index in [4.69, 9.17) is 27.4 Å². The Morgan fingerprint density at radius 3 is 2.42 bits per heavy atom. The van der Waals surface area contributed by atoms with Gasteiger partial charge in [0.05, 0.1) is 23.4 Å². The fourth-order valence-electron chi connectivity index (χ4n) is 1.97. The summed E-state index contributed by atoms with van der Waals surface area (Å²) >= 11 is 5.92. The van der Waals surface area contributed by atoms with Crippen LogP contribution in [0.4, 0.5) is 13.2 Å². The molecule has 2 N–H and O–H groups in total. The SMILES string of the molecule is COc1cc(-n2c(=O)cc(C(F)(F)F)n(N)c2=O)c(Cl)cc1C#N. The van der Waals surface area contributed by atoms with Gasteiger partial charge in [0.25, 0.3) is 5.56 Å². The molecule has 0 aliphatic carbocycles. The van der Waals surface area contributed by atoms with E-state index in [1.165, 1.54) is 7.11 Å². The number of nitriles is 1. The first-order chi connectivity index (χ1) is 11.1. The molecule has 0 aliphatic heterocycles. The van der Waals surface area contributed by atoms with Crippen LogP contribution in [0.2, 0.25) is 5.02 Å². The quantitative estimate of drug-likeness (QED) is 0.812. The van der Waals surface area contributed by atoms with Crippen molar-refractivity contribution in [2.24, 2.45) is 0 Å². The number of nitrogens with zero attached hydrogens (tertiary/aromatic N) is 3. The molecule has 0 unspecified atom stereocenters. The monoisotopic (exact) mass is 360 g/mol. The van der Waals surface area contributed by atoms with Crippen LogP contribution in [0.5, 0.6) is 5.75 Å². The summed E-state index contributed by atoms with van der Waals surface area (Å²) in [6.45, 7) is 0. The van der Waals surface area contributed by atoms with E-state index in [9.17, 15) is 22.8 Å². The minimum atomic E-state index is -4.99. The molecule has 0 spiro atoms. The second-order valence-corrected chi connectivity index (χ2v) is 4.88. The maximum atomic E-state index is 12.8. The molecule has 0 aliphatic rings. The molecule has 0 saturated heterocycles. The first kappa shape index (κ1) is 17.4. The Kier molecular flexibility index (Phi) is 4.31.